The zero-order valence-corrected chi connectivity index (χ0v) is 29.7. The predicted octanol–water partition coefficient (Wildman–Crippen LogP) is 9.52. The first-order valence-electron chi connectivity index (χ1n) is 15.2. The molecule has 0 aromatic heterocycles. The maximum Gasteiger partial charge on any atom is 0.342 e. The molecule has 8 nitrogen and oxygen atoms in total. The van der Waals surface area contributed by atoms with E-state index >= 15 is 0 Å². The lowest BCUT2D eigenvalue weighted by Gasteiger charge is -2.42. The highest BCUT2D eigenvalue weighted by Crippen LogP contribution is 2.41. The predicted molar refractivity (Wildman–Crippen MR) is 175 cm³/mol. The summed E-state index contributed by atoms with van der Waals surface area (Å²) in [5.41, 5.74) is 10.0. The van der Waals surface area contributed by atoms with Gasteiger partial charge in [0.15, 0.2) is 8.32 Å². The molecule has 0 N–H and O–H groups in total. The van der Waals surface area contributed by atoms with E-state index in [4.69, 9.17) is 19.1 Å². The van der Waals surface area contributed by atoms with Crippen LogP contribution < -0.4 is 4.43 Å². The molecule has 0 bridgehead atoms. The minimum absolute atomic E-state index is 0.0269. The Morgan fingerprint density at radius 3 is 2.33 bits per heavy atom. The van der Waals surface area contributed by atoms with Crippen LogP contribution in [0.3, 0.4) is 0 Å². The van der Waals surface area contributed by atoms with Crippen molar-refractivity contribution in [1.82, 2.24) is 0 Å². The molecule has 1 heterocycles. The summed E-state index contributed by atoms with van der Waals surface area (Å²) in [6, 6.07) is 5.85. The van der Waals surface area contributed by atoms with Crippen molar-refractivity contribution in [2.24, 2.45) is 11.0 Å². The molecule has 0 saturated heterocycles. The molecule has 1 aliphatic rings. The third-order valence-electron chi connectivity index (χ3n) is 9.30. The number of aryl methyl sites for hydroxylation is 1. The molecular weight excluding hydrogens is 563 g/mol. The molecule has 10 heteroatoms. The molecule has 3 atom stereocenters. The fraction of sp³-hybridized carbons (Fsp3) is 0.688. The van der Waals surface area contributed by atoms with Gasteiger partial charge < -0.3 is 13.6 Å². The van der Waals surface area contributed by atoms with Crippen molar-refractivity contribution in [3.05, 3.63) is 51.9 Å². The minimum atomic E-state index is -2.24. The van der Waals surface area contributed by atoms with Crippen LogP contribution in [0.5, 0.6) is 5.75 Å². The highest BCUT2D eigenvalue weighted by Gasteiger charge is 2.42. The van der Waals surface area contributed by atoms with Crippen LogP contribution in [0.15, 0.2) is 35.5 Å². The number of azide groups is 1. The first kappa shape index (κ1) is 35.8. The Balaban J connectivity index is 2.55. The number of hydrogen-bond acceptors (Lipinski definition) is 5. The Hall–Kier alpha value is -2.40. The van der Waals surface area contributed by atoms with E-state index in [2.05, 4.69) is 84.7 Å². The number of amides is 1. The average molecular weight is 616 g/mol. The topological polar surface area (TPSA) is 111 Å². The highest BCUT2D eigenvalue weighted by molar-refractivity contribution is 6.75. The Kier molecular flexibility index (Phi) is 12.3. The number of rotatable bonds is 7. The average Bonchev–Trinajstić information content (AvgIpc) is 2.83. The summed E-state index contributed by atoms with van der Waals surface area (Å²) in [5.74, 6) is -0.258. The zero-order valence-electron chi connectivity index (χ0n) is 27.7. The van der Waals surface area contributed by atoms with Gasteiger partial charge in [-0.1, -0.05) is 73.1 Å². The van der Waals surface area contributed by atoms with E-state index in [9.17, 15) is 9.59 Å². The SMILES string of the molecule is C[C@H]1CCCCc2cccc(O[Si](C)(C)C(C)(C)C)c2C(=O)O[C@@H](C/C=C/C(=O)N=[N+]=[N-])C[C@H]1O[Si](C)(C)C(C)(C)C. The Labute approximate surface area is 255 Å². The molecule has 1 aromatic rings. The van der Waals surface area contributed by atoms with Gasteiger partial charge in [0.05, 0.1) is 6.10 Å². The maximum atomic E-state index is 14.0. The summed E-state index contributed by atoms with van der Waals surface area (Å²) < 4.78 is 19.9. The van der Waals surface area contributed by atoms with E-state index in [1.54, 1.807) is 6.08 Å². The quantitative estimate of drug-likeness (QED) is 0.0757. The second-order valence-electron chi connectivity index (χ2n) is 14.7. The minimum Gasteiger partial charge on any atom is -0.543 e. The third kappa shape index (κ3) is 9.83. The molecule has 1 amide bonds. The summed E-state index contributed by atoms with van der Waals surface area (Å²) >= 11 is 0. The highest BCUT2D eigenvalue weighted by atomic mass is 28.4. The molecule has 1 aliphatic heterocycles. The first-order valence-corrected chi connectivity index (χ1v) is 21.1. The number of fused-ring (bicyclic) bond motifs is 1. The van der Waals surface area contributed by atoms with E-state index < -0.39 is 34.6 Å². The number of nitrogens with zero attached hydrogens (tertiary/aromatic N) is 3. The molecular formula is C32H53N3O5Si2. The Morgan fingerprint density at radius 1 is 1.10 bits per heavy atom. The van der Waals surface area contributed by atoms with Gasteiger partial charge in [0, 0.05) is 17.8 Å². The van der Waals surface area contributed by atoms with Gasteiger partial charge >= 0.3 is 5.97 Å². The number of ether oxygens (including phenoxy) is 1. The van der Waals surface area contributed by atoms with Crippen molar-refractivity contribution < 1.29 is 23.2 Å². The van der Waals surface area contributed by atoms with Gasteiger partial charge in [-0.25, -0.2) is 4.79 Å². The van der Waals surface area contributed by atoms with Crippen molar-refractivity contribution >= 4 is 28.5 Å². The monoisotopic (exact) mass is 615 g/mol. The number of benzene rings is 1. The van der Waals surface area contributed by atoms with Gasteiger partial charge in [-0.05, 0) is 89.8 Å². The standard InChI is InChI=1S/C32H53N3O5Si2/c1-23-16-12-13-17-24-18-14-20-26(39-41(8,9)31(2,3)4)29(24)30(37)38-25(19-15-21-28(36)34-35-33)22-27(23)40-42(10,11)32(5,6)7/h14-15,18,20-21,23,25,27H,12-13,16-17,19,22H2,1-11H3/b21-15+/t23-,25-,27+/m0/s1. The van der Waals surface area contributed by atoms with Crippen molar-refractivity contribution in [2.45, 2.75) is 135 Å². The third-order valence-corrected chi connectivity index (χ3v) is 18.1. The van der Waals surface area contributed by atoms with Crippen LogP contribution in [0.4, 0.5) is 0 Å². The van der Waals surface area contributed by atoms with Gasteiger partial charge in [0.25, 0.3) is 8.32 Å². The zero-order chi connectivity index (χ0) is 31.9. The smallest absolute Gasteiger partial charge is 0.342 e. The van der Waals surface area contributed by atoms with Crippen LogP contribution in [-0.4, -0.2) is 40.7 Å². The fourth-order valence-corrected chi connectivity index (χ4v) is 6.97. The number of esters is 1. The fourth-order valence-electron chi connectivity index (χ4n) is 4.51. The molecule has 234 valence electrons. The molecule has 2 rings (SSSR count). The maximum absolute atomic E-state index is 14.0. The van der Waals surface area contributed by atoms with Crippen LogP contribution in [0, 0.1) is 5.92 Å². The lowest BCUT2D eigenvalue weighted by molar-refractivity contribution is -0.113. The van der Waals surface area contributed by atoms with E-state index in [1.165, 1.54) is 6.08 Å². The van der Waals surface area contributed by atoms with Crippen LogP contribution in [0.2, 0.25) is 36.3 Å². The summed E-state index contributed by atoms with van der Waals surface area (Å²) in [6.07, 6.45) is 6.72. The summed E-state index contributed by atoms with van der Waals surface area (Å²) in [5, 5.41) is 3.11. The second-order valence-corrected chi connectivity index (χ2v) is 24.2. The van der Waals surface area contributed by atoms with Gasteiger partial charge in [-0.15, -0.1) is 0 Å². The van der Waals surface area contributed by atoms with Gasteiger partial charge in [0.2, 0.25) is 5.91 Å². The van der Waals surface area contributed by atoms with E-state index in [-0.39, 0.29) is 22.1 Å². The molecule has 0 aliphatic carbocycles. The van der Waals surface area contributed by atoms with E-state index in [0.717, 1.165) is 31.2 Å². The Morgan fingerprint density at radius 2 is 1.74 bits per heavy atom. The van der Waals surface area contributed by atoms with Crippen LogP contribution in [0.25, 0.3) is 10.4 Å². The largest absolute Gasteiger partial charge is 0.543 e. The lowest BCUT2D eigenvalue weighted by atomic mass is 9.91. The number of cyclic esters (lactones) is 1. The summed E-state index contributed by atoms with van der Waals surface area (Å²) in [4.78, 5) is 28.5. The molecule has 0 unspecified atom stereocenters. The molecule has 1 aromatic carbocycles. The van der Waals surface area contributed by atoms with Crippen LogP contribution >= 0.6 is 0 Å². The van der Waals surface area contributed by atoms with Crippen molar-refractivity contribution in [2.75, 3.05) is 0 Å². The van der Waals surface area contributed by atoms with Gasteiger partial charge in [-0.3, -0.25) is 4.79 Å². The number of carbonyl (C=O) groups excluding carboxylic acids is 2. The normalized spacial score (nSPS) is 21.4. The Bertz CT molecular complexity index is 1180. The first-order chi connectivity index (χ1) is 19.3. The number of hydrogen-bond donors (Lipinski definition) is 0. The van der Waals surface area contributed by atoms with Gasteiger partial charge in [-0.2, -0.15) is 0 Å². The number of carbonyl (C=O) groups is 2. The van der Waals surface area contributed by atoms with Crippen molar-refractivity contribution in [3.8, 4) is 5.75 Å². The van der Waals surface area contributed by atoms with Crippen molar-refractivity contribution in [3.63, 3.8) is 0 Å². The molecule has 0 spiro atoms. The van der Waals surface area contributed by atoms with Gasteiger partial charge in [0.1, 0.15) is 17.4 Å². The molecule has 42 heavy (non-hydrogen) atoms. The lowest BCUT2D eigenvalue weighted by Crippen LogP contribution is -2.46. The van der Waals surface area contributed by atoms with Crippen LogP contribution in [0.1, 0.15) is 96.5 Å². The molecule has 0 fully saturated rings. The second kappa shape index (κ2) is 14.4. The van der Waals surface area contributed by atoms with Crippen molar-refractivity contribution in [1.29, 1.82) is 0 Å². The molecule has 0 saturated carbocycles. The summed E-state index contributed by atoms with van der Waals surface area (Å²) in [6.45, 7) is 24.3. The van der Waals surface area contributed by atoms with E-state index in [0.29, 0.717) is 24.2 Å². The van der Waals surface area contributed by atoms with E-state index in [1.807, 2.05) is 18.2 Å². The van der Waals surface area contributed by atoms with Crippen LogP contribution in [-0.2, 0) is 20.4 Å². The summed E-state index contributed by atoms with van der Waals surface area (Å²) in [7, 11) is -4.36. The molecule has 0 radical (unpaired) electrons.